The van der Waals surface area contributed by atoms with Crippen LogP contribution in [0, 0.1) is 0 Å². The molecule has 0 radical (unpaired) electrons. The van der Waals surface area contributed by atoms with Gasteiger partial charge in [0.15, 0.2) is 0 Å². The third-order valence-corrected chi connectivity index (χ3v) is 3.94. The molecule has 1 aliphatic rings. The lowest BCUT2D eigenvalue weighted by Crippen LogP contribution is -2.58. The van der Waals surface area contributed by atoms with Crippen molar-refractivity contribution in [3.63, 3.8) is 0 Å². The van der Waals surface area contributed by atoms with Crippen LogP contribution in [0.15, 0.2) is 11.4 Å². The van der Waals surface area contributed by atoms with Gasteiger partial charge in [-0.05, 0) is 18.4 Å². The van der Waals surface area contributed by atoms with Gasteiger partial charge in [0.25, 0.3) is 5.91 Å². The molecule has 2 rings (SSSR count). The van der Waals surface area contributed by atoms with E-state index in [1.807, 2.05) is 17.2 Å². The van der Waals surface area contributed by atoms with Crippen LogP contribution in [-0.4, -0.2) is 36.5 Å². The lowest BCUT2D eigenvalue weighted by Gasteiger charge is -2.37. The predicted molar refractivity (Wildman–Crippen MR) is 62.7 cm³/mol. The Hall–Kier alpha value is -0.580. The van der Waals surface area contributed by atoms with Gasteiger partial charge >= 0.3 is 0 Å². The summed E-state index contributed by atoms with van der Waals surface area (Å²) in [7, 11) is 0. The molecule has 0 bridgehead atoms. The van der Waals surface area contributed by atoms with Crippen LogP contribution in [0.1, 0.15) is 16.6 Å². The summed E-state index contributed by atoms with van der Waals surface area (Å²) in [4.78, 5) is 14.7. The zero-order valence-corrected chi connectivity index (χ0v) is 10.1. The van der Waals surface area contributed by atoms with Crippen LogP contribution in [0.4, 0.5) is 0 Å². The molecule has 3 nitrogen and oxygen atoms in total. The molecule has 0 saturated carbocycles. The van der Waals surface area contributed by atoms with Crippen molar-refractivity contribution in [2.24, 2.45) is 0 Å². The molecular formula is C10H13ClN2OS. The number of nitrogens with one attached hydrogen (secondary N) is 1. The first-order valence-electron chi connectivity index (χ1n) is 4.98. The van der Waals surface area contributed by atoms with Gasteiger partial charge in [-0.15, -0.1) is 11.3 Å². The average molecular weight is 245 g/mol. The number of rotatable bonds is 3. The van der Waals surface area contributed by atoms with E-state index in [-0.39, 0.29) is 5.91 Å². The molecule has 1 amide bonds. The predicted octanol–water partition coefficient (Wildman–Crippen LogP) is 1.84. The molecule has 0 aliphatic carbocycles. The van der Waals surface area contributed by atoms with Crippen LogP contribution in [0.25, 0.3) is 0 Å². The maximum absolute atomic E-state index is 12.1. The van der Waals surface area contributed by atoms with Crippen molar-refractivity contribution in [2.45, 2.75) is 13.0 Å². The van der Waals surface area contributed by atoms with Crippen molar-refractivity contribution in [1.29, 1.82) is 0 Å². The van der Waals surface area contributed by atoms with Gasteiger partial charge in [-0.2, -0.15) is 0 Å². The Morgan fingerprint density at radius 3 is 2.87 bits per heavy atom. The fraction of sp³-hybridized carbons (Fsp3) is 0.500. The second-order valence-corrected chi connectivity index (χ2v) is 4.82. The van der Waals surface area contributed by atoms with Crippen molar-refractivity contribution in [1.82, 2.24) is 10.2 Å². The number of carbonyl (C=O) groups is 1. The molecule has 82 valence electrons. The van der Waals surface area contributed by atoms with E-state index in [0.29, 0.717) is 15.9 Å². The smallest absolute Gasteiger partial charge is 0.265 e. The molecule has 1 aromatic heterocycles. The second kappa shape index (κ2) is 4.51. The zero-order chi connectivity index (χ0) is 10.8. The summed E-state index contributed by atoms with van der Waals surface area (Å²) < 4.78 is 0. The van der Waals surface area contributed by atoms with Crippen LogP contribution in [0.2, 0.25) is 5.02 Å². The molecule has 0 spiro atoms. The molecule has 0 aromatic carbocycles. The third-order valence-electron chi connectivity index (χ3n) is 2.61. The van der Waals surface area contributed by atoms with Crippen LogP contribution in [0.5, 0.6) is 0 Å². The van der Waals surface area contributed by atoms with Crippen LogP contribution in [0.3, 0.4) is 0 Å². The first-order chi connectivity index (χ1) is 7.24. The lowest BCUT2D eigenvalue weighted by molar-refractivity contribution is 0.0635. The van der Waals surface area contributed by atoms with Gasteiger partial charge in [0.2, 0.25) is 0 Å². The monoisotopic (exact) mass is 244 g/mol. The maximum atomic E-state index is 12.1. The highest BCUT2D eigenvalue weighted by molar-refractivity contribution is 7.12. The Morgan fingerprint density at radius 1 is 1.73 bits per heavy atom. The number of nitrogens with zero attached hydrogens (tertiary/aromatic N) is 1. The Balaban J connectivity index is 2.14. The summed E-state index contributed by atoms with van der Waals surface area (Å²) >= 11 is 7.36. The summed E-state index contributed by atoms with van der Waals surface area (Å²) in [6.45, 7) is 4.52. The minimum Gasteiger partial charge on any atom is -0.333 e. The minimum absolute atomic E-state index is 0.0593. The summed E-state index contributed by atoms with van der Waals surface area (Å²) in [5.74, 6) is 0.0593. The third kappa shape index (κ3) is 2.02. The van der Waals surface area contributed by atoms with Crippen LogP contribution in [-0.2, 0) is 0 Å². The molecule has 15 heavy (non-hydrogen) atoms. The highest BCUT2D eigenvalue weighted by atomic mass is 35.5. The molecular weight excluding hydrogens is 232 g/mol. The quantitative estimate of drug-likeness (QED) is 0.880. The minimum atomic E-state index is 0.0593. The molecule has 1 aliphatic heterocycles. The number of likely N-dealkylation sites (N-methyl/N-ethyl adjacent to an activating group) is 1. The fourth-order valence-electron chi connectivity index (χ4n) is 1.64. The van der Waals surface area contributed by atoms with E-state index in [2.05, 4.69) is 5.32 Å². The molecule has 5 heteroatoms. The van der Waals surface area contributed by atoms with E-state index >= 15 is 0 Å². The summed E-state index contributed by atoms with van der Waals surface area (Å²) in [5.41, 5.74) is 0. The number of amides is 1. The Bertz CT molecular complexity index is 362. The standard InChI is InChI=1S/C10H13ClN2OS/c1-2-13(7-5-12-6-7)10(14)9-8(11)3-4-15-9/h3-4,7,12H,2,5-6H2,1H3. The van der Waals surface area contributed by atoms with E-state index in [1.165, 1.54) is 11.3 Å². The second-order valence-electron chi connectivity index (χ2n) is 3.50. The van der Waals surface area contributed by atoms with Gasteiger partial charge in [-0.1, -0.05) is 11.6 Å². The Morgan fingerprint density at radius 2 is 2.47 bits per heavy atom. The van der Waals surface area contributed by atoms with E-state index in [0.717, 1.165) is 19.6 Å². The van der Waals surface area contributed by atoms with Crippen molar-refractivity contribution in [3.8, 4) is 0 Å². The lowest BCUT2D eigenvalue weighted by atomic mass is 10.1. The largest absolute Gasteiger partial charge is 0.333 e. The van der Waals surface area contributed by atoms with Gasteiger partial charge in [0.05, 0.1) is 11.1 Å². The number of hydrogen-bond acceptors (Lipinski definition) is 3. The van der Waals surface area contributed by atoms with Crippen molar-refractivity contribution < 1.29 is 4.79 Å². The van der Waals surface area contributed by atoms with Gasteiger partial charge in [-0.25, -0.2) is 0 Å². The average Bonchev–Trinajstić information content (AvgIpc) is 2.56. The number of thiophene rings is 1. The number of carbonyl (C=O) groups excluding carboxylic acids is 1. The van der Waals surface area contributed by atoms with Crippen molar-refractivity contribution >= 4 is 28.8 Å². The van der Waals surface area contributed by atoms with Crippen LogP contribution < -0.4 is 5.32 Å². The molecule has 2 heterocycles. The Kier molecular flexibility index (Phi) is 3.29. The molecule has 1 aromatic rings. The van der Waals surface area contributed by atoms with Gasteiger partial charge in [0, 0.05) is 19.6 Å². The maximum Gasteiger partial charge on any atom is 0.265 e. The number of halogens is 1. The first-order valence-corrected chi connectivity index (χ1v) is 6.24. The molecule has 0 atom stereocenters. The molecule has 1 saturated heterocycles. The topological polar surface area (TPSA) is 32.3 Å². The van der Waals surface area contributed by atoms with E-state index in [9.17, 15) is 4.79 Å². The zero-order valence-electron chi connectivity index (χ0n) is 8.50. The molecule has 1 fully saturated rings. The van der Waals surface area contributed by atoms with E-state index < -0.39 is 0 Å². The summed E-state index contributed by atoms with van der Waals surface area (Å²) in [6.07, 6.45) is 0. The van der Waals surface area contributed by atoms with Gasteiger partial charge in [0.1, 0.15) is 4.88 Å². The van der Waals surface area contributed by atoms with Crippen molar-refractivity contribution in [2.75, 3.05) is 19.6 Å². The Labute approximate surface area is 98.0 Å². The van der Waals surface area contributed by atoms with Crippen LogP contribution >= 0.6 is 22.9 Å². The first kappa shape index (κ1) is 10.9. The van der Waals surface area contributed by atoms with E-state index in [4.69, 9.17) is 11.6 Å². The summed E-state index contributed by atoms with van der Waals surface area (Å²) in [6, 6.07) is 2.10. The highest BCUT2D eigenvalue weighted by Gasteiger charge is 2.29. The normalized spacial score (nSPS) is 16.1. The SMILES string of the molecule is CCN(C(=O)c1sccc1Cl)C1CNC1. The van der Waals surface area contributed by atoms with Gasteiger partial charge in [-0.3, -0.25) is 4.79 Å². The fourth-order valence-corrected chi connectivity index (χ4v) is 2.73. The van der Waals surface area contributed by atoms with Gasteiger partial charge < -0.3 is 10.2 Å². The highest BCUT2D eigenvalue weighted by Crippen LogP contribution is 2.24. The molecule has 0 unspecified atom stereocenters. The van der Waals surface area contributed by atoms with Crippen molar-refractivity contribution in [3.05, 3.63) is 21.3 Å². The van der Waals surface area contributed by atoms with E-state index in [1.54, 1.807) is 6.07 Å². The molecule has 1 N–H and O–H groups in total. The number of hydrogen-bond donors (Lipinski definition) is 1. The summed E-state index contributed by atoms with van der Waals surface area (Å²) in [5, 5.41) is 5.58.